The van der Waals surface area contributed by atoms with Gasteiger partial charge in [0.2, 0.25) is 0 Å². The first-order valence-corrected chi connectivity index (χ1v) is 16.4. The van der Waals surface area contributed by atoms with Gasteiger partial charge in [-0.25, -0.2) is 4.79 Å². The van der Waals surface area contributed by atoms with Gasteiger partial charge in [0.05, 0.1) is 25.5 Å². The lowest BCUT2D eigenvalue weighted by Crippen LogP contribution is -2.38. The van der Waals surface area contributed by atoms with Crippen LogP contribution < -0.4 is 20.7 Å². The summed E-state index contributed by atoms with van der Waals surface area (Å²) in [6.07, 6.45) is -0.0577. The molecule has 48 heavy (non-hydrogen) atoms. The Morgan fingerprint density at radius 3 is 2.12 bits per heavy atom. The molecule has 13 heteroatoms. The van der Waals surface area contributed by atoms with Crippen molar-refractivity contribution in [2.24, 2.45) is 0 Å². The molecule has 250 valence electrons. The zero-order valence-corrected chi connectivity index (χ0v) is 27.6. The minimum absolute atomic E-state index is 0.0222. The fraction of sp³-hybridized carbons (Fsp3) is 0.314. The molecule has 5 rings (SSSR count). The first kappa shape index (κ1) is 34.7. The maximum atomic E-state index is 12.9. The van der Waals surface area contributed by atoms with E-state index in [4.69, 9.17) is 23.8 Å². The van der Waals surface area contributed by atoms with Crippen molar-refractivity contribution < 1.29 is 38.0 Å². The van der Waals surface area contributed by atoms with E-state index in [2.05, 4.69) is 21.5 Å². The number of aromatic amines is 1. The van der Waals surface area contributed by atoms with Crippen LogP contribution in [0.1, 0.15) is 54.7 Å². The smallest absolute Gasteiger partial charge is 0.497 e. The lowest BCUT2D eigenvalue weighted by molar-refractivity contribution is -0.260. The van der Waals surface area contributed by atoms with Gasteiger partial charge in [0.25, 0.3) is 5.56 Å². The minimum atomic E-state index is -3.11. The molecule has 0 spiro atoms. The molecule has 1 aliphatic heterocycles. The lowest BCUT2D eigenvalue weighted by Gasteiger charge is -2.37. The molecule has 1 unspecified atom stereocenters. The maximum Gasteiger partial charge on any atom is 0.725 e. The topological polar surface area (TPSA) is 148 Å². The highest BCUT2D eigenvalue weighted by molar-refractivity contribution is 7.31. The van der Waals surface area contributed by atoms with Gasteiger partial charge in [-0.15, -0.1) is 4.89 Å². The van der Waals surface area contributed by atoms with Gasteiger partial charge in [0.1, 0.15) is 41.1 Å². The fourth-order valence-corrected chi connectivity index (χ4v) is 5.75. The Morgan fingerprint density at radius 1 is 0.958 bits per heavy atom. The molecule has 1 fully saturated rings. The van der Waals surface area contributed by atoms with E-state index >= 15 is 0 Å². The summed E-state index contributed by atoms with van der Waals surface area (Å²) >= 11 is 0. The summed E-state index contributed by atoms with van der Waals surface area (Å²) in [4.78, 5) is 42.4. The van der Waals surface area contributed by atoms with Crippen LogP contribution in [0.2, 0.25) is 0 Å². The molecule has 1 aromatic heterocycles. The summed E-state index contributed by atoms with van der Waals surface area (Å²) in [5.41, 5.74) is -0.0868. The molecule has 12 nitrogen and oxygen atoms in total. The summed E-state index contributed by atoms with van der Waals surface area (Å²) in [5, 5.41) is 0. The third-order valence-corrected chi connectivity index (χ3v) is 8.14. The predicted octanol–water partition coefficient (Wildman–Crippen LogP) is 4.97. The number of aromatic nitrogens is 2. The standard InChI is InChI=1S/C35H35N2O10P/c1-4-5-7-10-24-22-37(34(39)36-33(24)38)32-21-30(46-47-48(40)41)31(45-32)23-44-35(25-11-8-6-9-12-25,26-13-17-28(42-2)18-14-26)27-15-19-29(43-3)20-16-27/h6,8-9,11-20,22,30-32H,4-5,21,23H2,1-3H3,(H-,36,38,39,40,41)/p+1/t30-,31+,32+/m0/s1. The molecule has 0 aliphatic carbocycles. The number of nitrogens with zero attached hydrogens (tertiary/aromatic N) is 1. The van der Waals surface area contributed by atoms with Crippen molar-refractivity contribution >= 4 is 8.25 Å². The number of benzene rings is 3. The Kier molecular flexibility index (Phi) is 11.6. The van der Waals surface area contributed by atoms with Crippen LogP contribution in [0, 0.1) is 11.8 Å². The highest BCUT2D eigenvalue weighted by atomic mass is 31.1. The Morgan fingerprint density at radius 2 is 1.56 bits per heavy atom. The quantitative estimate of drug-likeness (QED) is 0.0655. The van der Waals surface area contributed by atoms with Gasteiger partial charge in [-0.05, 0) is 47.4 Å². The molecule has 2 heterocycles. The second kappa shape index (κ2) is 16.0. The third-order valence-electron chi connectivity index (χ3n) is 7.92. The second-order valence-corrected chi connectivity index (χ2v) is 11.5. The molecule has 0 bridgehead atoms. The third kappa shape index (κ3) is 7.75. The number of H-pyrrole nitrogens is 1. The molecule has 2 N–H and O–H groups in total. The SMILES string of the molecule is CCCC#Cc1cn([C@H]2C[C@H](OO[P+](=O)O)[C@@H](COC(c3ccccc3)(c3ccc(OC)cc3)c3ccc(OC)cc3)O2)c(=O)[nH]c1=O. The van der Waals surface area contributed by atoms with Crippen LogP contribution in [0.3, 0.4) is 0 Å². The van der Waals surface area contributed by atoms with E-state index in [1.807, 2.05) is 85.8 Å². The summed E-state index contributed by atoms with van der Waals surface area (Å²) in [7, 11) is 0.0695. The van der Waals surface area contributed by atoms with Gasteiger partial charge in [-0.2, -0.15) is 4.89 Å². The van der Waals surface area contributed by atoms with Gasteiger partial charge >= 0.3 is 13.9 Å². The van der Waals surface area contributed by atoms with Crippen molar-refractivity contribution in [1.29, 1.82) is 0 Å². The summed E-state index contributed by atoms with van der Waals surface area (Å²) in [5.74, 6) is 7.03. The zero-order valence-electron chi connectivity index (χ0n) is 26.7. The number of nitrogens with one attached hydrogen (secondary N) is 1. The molecule has 1 aliphatic rings. The van der Waals surface area contributed by atoms with Crippen molar-refractivity contribution in [2.45, 2.75) is 50.2 Å². The van der Waals surface area contributed by atoms with Gasteiger partial charge in [-0.1, -0.05) is 73.4 Å². The number of methoxy groups -OCH3 is 2. The molecule has 0 radical (unpaired) electrons. The summed E-state index contributed by atoms with van der Waals surface area (Å²) in [6, 6.07) is 24.6. The Hall–Kier alpha value is -4.60. The van der Waals surface area contributed by atoms with E-state index < -0.39 is 43.5 Å². The van der Waals surface area contributed by atoms with Crippen molar-refractivity contribution in [3.8, 4) is 23.3 Å². The van der Waals surface area contributed by atoms with Crippen molar-refractivity contribution in [1.82, 2.24) is 9.55 Å². The van der Waals surface area contributed by atoms with Crippen LogP contribution in [0.25, 0.3) is 0 Å². The highest BCUT2D eigenvalue weighted by Crippen LogP contribution is 2.43. The summed E-state index contributed by atoms with van der Waals surface area (Å²) in [6.45, 7) is 1.84. The molecular weight excluding hydrogens is 639 g/mol. The molecule has 3 aromatic carbocycles. The van der Waals surface area contributed by atoms with E-state index in [0.29, 0.717) is 17.9 Å². The van der Waals surface area contributed by atoms with E-state index in [0.717, 1.165) is 23.1 Å². The van der Waals surface area contributed by atoms with Crippen LogP contribution >= 0.6 is 8.25 Å². The number of hydrogen-bond acceptors (Lipinski definition) is 9. The maximum absolute atomic E-state index is 12.9. The fourth-order valence-electron chi connectivity index (χ4n) is 5.57. The van der Waals surface area contributed by atoms with Crippen LogP contribution in [0.4, 0.5) is 0 Å². The molecular formula is C35H36N2O10P+. The molecule has 1 saturated heterocycles. The Balaban J connectivity index is 1.55. The average molecular weight is 676 g/mol. The van der Waals surface area contributed by atoms with E-state index in [1.165, 1.54) is 10.8 Å². The molecule has 0 amide bonds. The zero-order chi connectivity index (χ0) is 34.1. The van der Waals surface area contributed by atoms with Crippen LogP contribution in [0.15, 0.2) is 94.6 Å². The second-order valence-electron chi connectivity index (χ2n) is 10.9. The lowest BCUT2D eigenvalue weighted by atomic mass is 9.80. The normalized spacial score (nSPS) is 17.8. The van der Waals surface area contributed by atoms with Crippen LogP contribution in [0.5, 0.6) is 11.5 Å². The van der Waals surface area contributed by atoms with Crippen LogP contribution in [-0.4, -0.2) is 47.5 Å². The molecule has 0 saturated carbocycles. The molecule has 4 aromatic rings. The molecule has 4 atom stereocenters. The summed E-state index contributed by atoms with van der Waals surface area (Å²) < 4.78 is 41.4. The van der Waals surface area contributed by atoms with Crippen molar-refractivity contribution in [3.05, 3.63) is 128 Å². The Bertz CT molecular complexity index is 1820. The van der Waals surface area contributed by atoms with Gasteiger partial charge in [0, 0.05) is 23.6 Å². The first-order chi connectivity index (χ1) is 23.3. The average Bonchev–Trinajstić information content (AvgIpc) is 3.52. The Labute approximate surface area is 278 Å². The number of ether oxygens (including phenoxy) is 4. The highest BCUT2D eigenvalue weighted by Gasteiger charge is 2.44. The number of hydrogen-bond donors (Lipinski definition) is 2. The number of unbranched alkanes of at least 4 members (excludes halogenated alkanes) is 1. The largest absolute Gasteiger partial charge is 0.725 e. The van der Waals surface area contributed by atoms with Crippen LogP contribution in [-0.2, 0) is 29.2 Å². The predicted molar refractivity (Wildman–Crippen MR) is 176 cm³/mol. The van der Waals surface area contributed by atoms with E-state index in [-0.39, 0.29) is 18.6 Å². The van der Waals surface area contributed by atoms with Gasteiger partial charge in [-0.3, -0.25) is 14.3 Å². The van der Waals surface area contributed by atoms with E-state index in [9.17, 15) is 19.0 Å². The number of rotatable bonds is 13. The first-order valence-electron chi connectivity index (χ1n) is 15.3. The van der Waals surface area contributed by atoms with E-state index in [1.54, 1.807) is 14.2 Å². The monoisotopic (exact) mass is 675 g/mol. The van der Waals surface area contributed by atoms with Crippen molar-refractivity contribution in [2.75, 3.05) is 20.8 Å². The van der Waals surface area contributed by atoms with Gasteiger partial charge < -0.3 is 18.9 Å². The van der Waals surface area contributed by atoms with Crippen molar-refractivity contribution in [3.63, 3.8) is 0 Å². The minimum Gasteiger partial charge on any atom is -0.497 e. The van der Waals surface area contributed by atoms with Gasteiger partial charge in [0.15, 0.2) is 0 Å².